The summed E-state index contributed by atoms with van der Waals surface area (Å²) in [5, 5.41) is 2.75. The van der Waals surface area contributed by atoms with Gasteiger partial charge in [-0.05, 0) is 62.1 Å². The number of aromatic nitrogens is 2. The van der Waals surface area contributed by atoms with Gasteiger partial charge in [0.25, 0.3) is 0 Å². The van der Waals surface area contributed by atoms with Gasteiger partial charge in [0.15, 0.2) is 5.69 Å². The first-order valence-corrected chi connectivity index (χ1v) is 10.7. The zero-order valence-corrected chi connectivity index (χ0v) is 18.6. The van der Waals surface area contributed by atoms with Crippen LogP contribution in [0.15, 0.2) is 48.7 Å². The van der Waals surface area contributed by atoms with E-state index in [1.165, 1.54) is 11.1 Å². The Kier molecular flexibility index (Phi) is 6.25. The number of nitrogens with zero attached hydrogens (tertiary/aromatic N) is 1. The van der Waals surface area contributed by atoms with Crippen molar-refractivity contribution < 1.29 is 14.3 Å². The van der Waals surface area contributed by atoms with Gasteiger partial charge in [0.2, 0.25) is 0 Å². The number of ether oxygens (including phenoxy) is 2. The predicted octanol–water partition coefficient (Wildman–Crippen LogP) is 5.87. The average molecular weight is 437 g/mol. The van der Waals surface area contributed by atoms with E-state index >= 15 is 0 Å². The maximum atomic E-state index is 12.6. The molecule has 0 aliphatic heterocycles. The predicted molar refractivity (Wildman–Crippen MR) is 124 cm³/mol. The molecule has 5 nitrogen and oxygen atoms in total. The van der Waals surface area contributed by atoms with E-state index in [2.05, 4.69) is 40.3 Å². The van der Waals surface area contributed by atoms with Crippen molar-refractivity contribution in [2.45, 2.75) is 39.4 Å². The van der Waals surface area contributed by atoms with Crippen molar-refractivity contribution in [3.05, 3.63) is 76.1 Å². The molecule has 0 atom stereocenters. The Morgan fingerprint density at radius 1 is 1.06 bits per heavy atom. The summed E-state index contributed by atoms with van der Waals surface area (Å²) in [6.45, 7) is 3.92. The summed E-state index contributed by atoms with van der Waals surface area (Å²) in [6.07, 6.45) is 3.29. The van der Waals surface area contributed by atoms with E-state index in [1.54, 1.807) is 13.3 Å². The minimum atomic E-state index is -0.433. The highest BCUT2D eigenvalue weighted by Gasteiger charge is 2.21. The molecule has 2 aromatic carbocycles. The molecule has 0 aliphatic carbocycles. The number of benzene rings is 2. The van der Waals surface area contributed by atoms with Gasteiger partial charge in [-0.1, -0.05) is 29.8 Å². The Morgan fingerprint density at radius 2 is 1.77 bits per heavy atom. The monoisotopic (exact) mass is 436 g/mol. The Bertz CT molecular complexity index is 1230. The second-order valence-electron chi connectivity index (χ2n) is 7.89. The summed E-state index contributed by atoms with van der Waals surface area (Å²) in [4.78, 5) is 20.4. The molecule has 0 radical (unpaired) electrons. The number of nitrogens with one attached hydrogen (secondary N) is 1. The number of halogens is 1. The van der Waals surface area contributed by atoms with Crippen LogP contribution < -0.4 is 0 Å². The molecule has 1 N–H and O–H groups in total. The third kappa shape index (κ3) is 4.58. The highest BCUT2D eigenvalue weighted by Crippen LogP contribution is 2.31. The number of H-pyrrole nitrogens is 1. The fourth-order valence-corrected chi connectivity index (χ4v) is 3.96. The molecule has 31 heavy (non-hydrogen) atoms. The van der Waals surface area contributed by atoms with Crippen molar-refractivity contribution in [2.75, 3.05) is 7.11 Å². The lowest BCUT2D eigenvalue weighted by Gasteiger charge is -2.12. The number of aryl methyl sites for hydroxylation is 2. The van der Waals surface area contributed by atoms with Gasteiger partial charge in [-0.3, -0.25) is 0 Å². The normalized spacial score (nSPS) is 11.5. The number of rotatable bonds is 7. The van der Waals surface area contributed by atoms with E-state index in [-0.39, 0.29) is 12.7 Å². The Morgan fingerprint density at radius 3 is 2.48 bits per heavy atom. The van der Waals surface area contributed by atoms with Crippen molar-refractivity contribution in [1.29, 1.82) is 0 Å². The fourth-order valence-electron chi connectivity index (χ4n) is 3.83. The Hall–Kier alpha value is -2.89. The van der Waals surface area contributed by atoms with Gasteiger partial charge < -0.3 is 14.5 Å². The third-order valence-corrected chi connectivity index (χ3v) is 5.49. The Balaban J connectivity index is 1.75. The van der Waals surface area contributed by atoms with Gasteiger partial charge in [-0.15, -0.1) is 0 Å². The molecular formula is C25H25ClN2O3. The van der Waals surface area contributed by atoms with Crippen molar-refractivity contribution in [1.82, 2.24) is 9.97 Å². The van der Waals surface area contributed by atoms with E-state index in [4.69, 9.17) is 21.1 Å². The highest BCUT2D eigenvalue weighted by molar-refractivity contribution is 6.30. The zero-order valence-electron chi connectivity index (χ0n) is 17.9. The largest absolute Gasteiger partial charge is 0.458 e. The van der Waals surface area contributed by atoms with Gasteiger partial charge in [0.05, 0.1) is 24.4 Å². The molecule has 6 heteroatoms. The van der Waals surface area contributed by atoms with Crippen molar-refractivity contribution in [3.8, 4) is 0 Å². The lowest BCUT2D eigenvalue weighted by molar-refractivity contribution is 0.0366. The van der Waals surface area contributed by atoms with Crippen LogP contribution in [0.3, 0.4) is 0 Å². The van der Waals surface area contributed by atoms with Gasteiger partial charge in [0, 0.05) is 34.0 Å². The number of carbonyl (C=O) groups excluding carboxylic acids is 1. The maximum Gasteiger partial charge on any atom is 0.357 e. The maximum absolute atomic E-state index is 12.6. The van der Waals surface area contributed by atoms with Crippen LogP contribution in [0.4, 0.5) is 0 Å². The summed E-state index contributed by atoms with van der Waals surface area (Å²) in [7, 11) is 1.61. The summed E-state index contributed by atoms with van der Waals surface area (Å²) >= 11 is 5.99. The lowest BCUT2D eigenvalue weighted by atomic mass is 10.0. The fraction of sp³-hybridized carbons (Fsp3) is 0.280. The van der Waals surface area contributed by atoms with Gasteiger partial charge in [-0.2, -0.15) is 0 Å². The molecule has 0 spiro atoms. The highest BCUT2D eigenvalue weighted by atomic mass is 35.5. The summed E-state index contributed by atoms with van der Waals surface area (Å²) in [6, 6.07) is 14.3. The number of aromatic amines is 1. The van der Waals surface area contributed by atoms with Gasteiger partial charge >= 0.3 is 5.97 Å². The van der Waals surface area contributed by atoms with Crippen LogP contribution in [0.2, 0.25) is 5.02 Å². The van der Waals surface area contributed by atoms with Crippen LogP contribution in [0.1, 0.15) is 41.0 Å². The second kappa shape index (κ2) is 9.08. The molecule has 0 unspecified atom stereocenters. The Labute approximate surface area is 186 Å². The molecule has 0 saturated heterocycles. The summed E-state index contributed by atoms with van der Waals surface area (Å²) in [5.74, 6) is -0.433. The van der Waals surface area contributed by atoms with Crippen LogP contribution >= 0.6 is 11.6 Å². The molecule has 2 aromatic heterocycles. The molecule has 2 heterocycles. The van der Waals surface area contributed by atoms with Crippen molar-refractivity contribution in [3.63, 3.8) is 0 Å². The topological polar surface area (TPSA) is 64.2 Å². The SMILES string of the molecule is COCc1c(C(=O)OC(C)C)ncc2[nH]c3ccc(CCc4ccc(Cl)cc4)cc3c12. The molecular weight excluding hydrogens is 412 g/mol. The number of pyridine rings is 1. The molecule has 0 amide bonds. The number of carbonyl (C=O) groups is 1. The molecule has 0 fully saturated rings. The number of hydrogen-bond acceptors (Lipinski definition) is 4. The van der Waals surface area contributed by atoms with Crippen LogP contribution in [0, 0.1) is 0 Å². The molecule has 0 saturated carbocycles. The number of hydrogen-bond donors (Lipinski definition) is 1. The van der Waals surface area contributed by atoms with Crippen molar-refractivity contribution >= 4 is 39.4 Å². The number of methoxy groups -OCH3 is 1. The van der Waals surface area contributed by atoms with Crippen LogP contribution in [-0.4, -0.2) is 29.2 Å². The van der Waals surface area contributed by atoms with Crippen LogP contribution in [0.25, 0.3) is 21.8 Å². The summed E-state index contributed by atoms with van der Waals surface area (Å²) < 4.78 is 10.8. The smallest absolute Gasteiger partial charge is 0.357 e. The first kappa shape index (κ1) is 21.3. The summed E-state index contributed by atoms with van der Waals surface area (Å²) in [5.41, 5.74) is 5.38. The first-order valence-electron chi connectivity index (χ1n) is 10.3. The number of esters is 1. The quantitative estimate of drug-likeness (QED) is 0.368. The molecule has 0 aliphatic rings. The molecule has 4 rings (SSSR count). The van der Waals surface area contributed by atoms with Gasteiger partial charge in [-0.25, -0.2) is 9.78 Å². The minimum absolute atomic E-state index is 0.220. The van der Waals surface area contributed by atoms with Crippen LogP contribution in [-0.2, 0) is 28.9 Å². The zero-order chi connectivity index (χ0) is 22.0. The van der Waals surface area contributed by atoms with E-state index in [1.807, 2.05) is 26.0 Å². The van der Waals surface area contributed by atoms with E-state index in [9.17, 15) is 4.79 Å². The molecule has 0 bridgehead atoms. The van der Waals surface area contributed by atoms with E-state index in [0.717, 1.165) is 45.2 Å². The third-order valence-electron chi connectivity index (χ3n) is 5.24. The average Bonchev–Trinajstić information content (AvgIpc) is 3.11. The first-order chi connectivity index (χ1) is 15.0. The lowest BCUT2D eigenvalue weighted by Crippen LogP contribution is -2.15. The number of fused-ring (bicyclic) bond motifs is 3. The van der Waals surface area contributed by atoms with E-state index in [0.29, 0.717) is 5.69 Å². The molecule has 160 valence electrons. The minimum Gasteiger partial charge on any atom is -0.458 e. The van der Waals surface area contributed by atoms with Gasteiger partial charge in [0.1, 0.15) is 0 Å². The van der Waals surface area contributed by atoms with Crippen molar-refractivity contribution in [2.24, 2.45) is 0 Å². The molecule has 4 aromatic rings. The van der Waals surface area contributed by atoms with E-state index < -0.39 is 5.97 Å². The second-order valence-corrected chi connectivity index (χ2v) is 8.33. The standard InChI is InChI=1S/C25H25ClN2O3/c1-15(2)31-25(29)24-20(14-30-3)23-19-12-17(5-4-16-6-9-18(26)10-7-16)8-11-21(19)28-22(23)13-27-24/h6-13,15,28H,4-5,14H2,1-3H3. The van der Waals surface area contributed by atoms with Crippen LogP contribution in [0.5, 0.6) is 0 Å².